The van der Waals surface area contributed by atoms with Gasteiger partial charge in [-0.25, -0.2) is 19.9 Å². The molecule has 0 aliphatic rings. The lowest BCUT2D eigenvalue weighted by atomic mass is 10.0. The van der Waals surface area contributed by atoms with Crippen molar-refractivity contribution in [1.29, 1.82) is 0 Å². The Bertz CT molecular complexity index is 3530. The normalized spacial score (nSPS) is 11.9. The predicted octanol–water partition coefficient (Wildman–Crippen LogP) is 13.8. The largest absolute Gasteiger partial charge is 0.456 e. The molecule has 0 aliphatic carbocycles. The van der Waals surface area contributed by atoms with Gasteiger partial charge in [0, 0.05) is 47.8 Å². The van der Waals surface area contributed by atoms with Crippen molar-refractivity contribution < 1.29 is 8.83 Å². The zero-order valence-corrected chi connectivity index (χ0v) is 31.0. The molecule has 0 fully saturated rings. The molecule has 266 valence electrons. The zero-order chi connectivity index (χ0) is 37.5. The standard InChI is InChI=1S/C50H28N4O2S/c1-3-10-29(11-4-1)32-14-9-15-33(26-32)47-52-48(54-49(53-47)35-21-25-43-38(28-35)36-16-7-8-17-42(36)57-43)34-19-18-30-20-23-40-44(37(30)27-34)45-41(55-40)24-22-39-46(45)56-50(51-39)31-12-5-2-6-13-31/h1-28H. The number of hydrogen-bond acceptors (Lipinski definition) is 7. The maximum atomic E-state index is 6.52. The minimum atomic E-state index is 0.573. The average Bonchev–Trinajstić information content (AvgIpc) is 4.00. The van der Waals surface area contributed by atoms with E-state index in [0.29, 0.717) is 28.9 Å². The van der Waals surface area contributed by atoms with E-state index in [1.165, 1.54) is 20.2 Å². The van der Waals surface area contributed by atoms with Gasteiger partial charge in [-0.05, 0) is 88.6 Å². The molecule has 4 heterocycles. The molecule has 12 rings (SSSR count). The third-order valence-corrected chi connectivity index (χ3v) is 11.9. The monoisotopic (exact) mass is 748 g/mol. The first-order chi connectivity index (χ1) is 28.2. The van der Waals surface area contributed by atoms with Crippen LogP contribution in [0.5, 0.6) is 0 Å². The lowest BCUT2D eigenvalue weighted by Gasteiger charge is -2.11. The summed E-state index contributed by atoms with van der Waals surface area (Å²) in [5.41, 5.74) is 8.84. The molecule has 0 unspecified atom stereocenters. The van der Waals surface area contributed by atoms with Crippen LogP contribution in [0.3, 0.4) is 0 Å². The molecule has 6 nitrogen and oxygen atoms in total. The molecule has 0 saturated carbocycles. The van der Waals surface area contributed by atoms with Gasteiger partial charge in [-0.2, -0.15) is 0 Å². The second-order valence-electron chi connectivity index (χ2n) is 14.2. The van der Waals surface area contributed by atoms with Gasteiger partial charge in [0.15, 0.2) is 23.1 Å². The molecule has 0 radical (unpaired) electrons. The smallest absolute Gasteiger partial charge is 0.227 e. The number of oxazole rings is 1. The lowest BCUT2D eigenvalue weighted by molar-refractivity contribution is 0.622. The van der Waals surface area contributed by atoms with Crippen LogP contribution in [0.2, 0.25) is 0 Å². The van der Waals surface area contributed by atoms with Gasteiger partial charge in [-0.1, -0.05) is 103 Å². The summed E-state index contributed by atoms with van der Waals surface area (Å²) in [6, 6.07) is 58.3. The number of nitrogens with zero attached hydrogens (tertiary/aromatic N) is 4. The summed E-state index contributed by atoms with van der Waals surface area (Å²) in [7, 11) is 0. The van der Waals surface area contributed by atoms with Crippen LogP contribution in [0.4, 0.5) is 0 Å². The molecule has 8 aromatic carbocycles. The number of fused-ring (bicyclic) bond motifs is 10. The third kappa shape index (κ3) is 5.24. The van der Waals surface area contributed by atoms with Crippen molar-refractivity contribution >= 4 is 75.3 Å². The van der Waals surface area contributed by atoms with Crippen molar-refractivity contribution in [2.24, 2.45) is 0 Å². The maximum absolute atomic E-state index is 6.52. The van der Waals surface area contributed by atoms with E-state index >= 15 is 0 Å². The Morgan fingerprint density at radius 1 is 0.368 bits per heavy atom. The summed E-state index contributed by atoms with van der Waals surface area (Å²) in [6.45, 7) is 0. The summed E-state index contributed by atoms with van der Waals surface area (Å²) in [4.78, 5) is 20.4. The van der Waals surface area contributed by atoms with Gasteiger partial charge in [0.25, 0.3) is 0 Å². The Morgan fingerprint density at radius 2 is 0.965 bits per heavy atom. The van der Waals surface area contributed by atoms with E-state index in [9.17, 15) is 0 Å². The van der Waals surface area contributed by atoms with E-state index in [0.717, 1.165) is 71.6 Å². The number of thiophene rings is 1. The molecule has 0 saturated heterocycles. The molecule has 57 heavy (non-hydrogen) atoms. The minimum absolute atomic E-state index is 0.573. The van der Waals surface area contributed by atoms with Gasteiger partial charge in [0.2, 0.25) is 5.89 Å². The molecule has 0 aliphatic heterocycles. The summed E-state index contributed by atoms with van der Waals surface area (Å²) in [6.07, 6.45) is 0. The Labute approximate surface area is 329 Å². The highest BCUT2D eigenvalue weighted by molar-refractivity contribution is 7.25. The maximum Gasteiger partial charge on any atom is 0.227 e. The van der Waals surface area contributed by atoms with Gasteiger partial charge in [0.1, 0.15) is 16.7 Å². The Balaban J connectivity index is 1.08. The summed E-state index contributed by atoms with van der Waals surface area (Å²) in [5, 5.41) is 6.35. The first-order valence-corrected chi connectivity index (χ1v) is 19.6. The van der Waals surface area contributed by atoms with Crippen molar-refractivity contribution in [1.82, 2.24) is 19.9 Å². The van der Waals surface area contributed by atoms with E-state index in [-0.39, 0.29) is 0 Å². The predicted molar refractivity (Wildman–Crippen MR) is 232 cm³/mol. The molecule has 0 amide bonds. The fraction of sp³-hybridized carbons (Fsp3) is 0. The fourth-order valence-electron chi connectivity index (χ4n) is 8.00. The second-order valence-corrected chi connectivity index (χ2v) is 15.3. The van der Waals surface area contributed by atoms with E-state index in [4.69, 9.17) is 28.8 Å². The van der Waals surface area contributed by atoms with Crippen molar-refractivity contribution in [3.8, 4) is 56.7 Å². The van der Waals surface area contributed by atoms with Gasteiger partial charge in [0.05, 0.1) is 5.39 Å². The number of rotatable bonds is 5. The van der Waals surface area contributed by atoms with Crippen LogP contribution < -0.4 is 0 Å². The van der Waals surface area contributed by atoms with E-state index in [1.54, 1.807) is 11.3 Å². The van der Waals surface area contributed by atoms with Crippen LogP contribution in [0.1, 0.15) is 0 Å². The molecule has 0 N–H and O–H groups in total. The van der Waals surface area contributed by atoms with Gasteiger partial charge in [-0.3, -0.25) is 0 Å². The highest BCUT2D eigenvalue weighted by atomic mass is 32.1. The van der Waals surface area contributed by atoms with Gasteiger partial charge < -0.3 is 8.83 Å². The highest BCUT2D eigenvalue weighted by Crippen LogP contribution is 2.42. The van der Waals surface area contributed by atoms with Crippen molar-refractivity contribution in [3.05, 3.63) is 170 Å². The first-order valence-electron chi connectivity index (χ1n) is 18.8. The Morgan fingerprint density at radius 3 is 1.77 bits per heavy atom. The molecule has 7 heteroatoms. The Kier molecular flexibility index (Phi) is 7.00. The molecular weight excluding hydrogens is 721 g/mol. The van der Waals surface area contributed by atoms with Gasteiger partial charge in [-0.15, -0.1) is 11.3 Å². The second kappa shape index (κ2) is 12.5. The molecule has 0 atom stereocenters. The fourth-order valence-corrected chi connectivity index (χ4v) is 9.08. The first kappa shape index (κ1) is 31.8. The molecule has 0 spiro atoms. The average molecular weight is 749 g/mol. The minimum Gasteiger partial charge on any atom is -0.456 e. The lowest BCUT2D eigenvalue weighted by Crippen LogP contribution is -2.00. The summed E-state index contributed by atoms with van der Waals surface area (Å²) < 4.78 is 15.5. The van der Waals surface area contributed by atoms with Crippen LogP contribution >= 0.6 is 11.3 Å². The SMILES string of the molecule is c1ccc(-c2cccc(-c3nc(-c4ccc5sc6ccccc6c5c4)nc(-c4ccc5ccc6oc7ccc8nc(-c9ccccc9)oc8c7c6c5c4)n3)c2)cc1. The van der Waals surface area contributed by atoms with Crippen molar-refractivity contribution in [2.75, 3.05) is 0 Å². The van der Waals surface area contributed by atoms with Crippen molar-refractivity contribution in [3.63, 3.8) is 0 Å². The molecule has 4 aromatic heterocycles. The van der Waals surface area contributed by atoms with E-state index < -0.39 is 0 Å². The quantitative estimate of drug-likeness (QED) is 0.174. The van der Waals surface area contributed by atoms with E-state index in [2.05, 4.69) is 115 Å². The van der Waals surface area contributed by atoms with Crippen LogP contribution in [0.15, 0.2) is 179 Å². The molecule has 12 aromatic rings. The van der Waals surface area contributed by atoms with Crippen LogP contribution in [-0.4, -0.2) is 19.9 Å². The molecule has 0 bridgehead atoms. The highest BCUT2D eigenvalue weighted by Gasteiger charge is 2.20. The van der Waals surface area contributed by atoms with Crippen LogP contribution in [0.25, 0.3) is 121 Å². The van der Waals surface area contributed by atoms with Crippen LogP contribution in [0, 0.1) is 0 Å². The van der Waals surface area contributed by atoms with Gasteiger partial charge >= 0.3 is 0 Å². The zero-order valence-electron chi connectivity index (χ0n) is 30.2. The van der Waals surface area contributed by atoms with Crippen LogP contribution in [-0.2, 0) is 0 Å². The summed E-state index contributed by atoms with van der Waals surface area (Å²) in [5.74, 6) is 2.37. The topological polar surface area (TPSA) is 77.8 Å². The number of furan rings is 1. The molecular formula is C50H28N4O2S. The van der Waals surface area contributed by atoms with Crippen molar-refractivity contribution in [2.45, 2.75) is 0 Å². The number of benzene rings is 8. The number of hydrogen-bond donors (Lipinski definition) is 0. The third-order valence-electron chi connectivity index (χ3n) is 10.7. The van der Waals surface area contributed by atoms with E-state index in [1.807, 2.05) is 54.6 Å². The number of aromatic nitrogens is 4. The Hall–Kier alpha value is -7.48. The summed E-state index contributed by atoms with van der Waals surface area (Å²) >= 11 is 1.80.